The maximum Gasteiger partial charge on any atom is 0.308 e. The standard InChI is InChI=1S/C64H97ClO20/c1-34(19-44(68)18-17-36(3)65)20-54-56(73)58-40(7)59(80-54)60(74)64(76)32-52(71)38(5)53(85-64)16-14-12-13-15-43-22-45(69)28-62(27-43)30-48(77-11)23-46(82-62)25-51(70)39(6)57(79-42(9)67)37(4)35(2)21-50-29-61(10,75)33-63(84-50)31-49(78-41(8)66)24-47(83-63)26-55(72)81-58/h13,15,17-18,37-40,43-50,52-54,56-60,68-69,71,73-76H,1-3,12,14,16,19-33H2,4-11H3/b15-13-,18-17+/t37-,38-,39-,40-,43+,44-,45+,46+,47-,48+,49+,50+,52+,53-,54-,56-,57+,58-,59-,60+,61?,62-,63-,64-/m1/s1. The number of Topliss-reactive ketones (excluding diaryl/α,β-unsaturated/α-hetero) is 1. The number of aliphatic hydroxyl groups is 7. The van der Waals surface area contributed by atoms with Crippen LogP contribution in [0.15, 0.2) is 60.2 Å². The second-order valence-corrected chi connectivity index (χ2v) is 27.0. The molecule has 6 heterocycles. The Bertz CT molecular complexity index is 2430. The molecule has 5 saturated heterocycles. The van der Waals surface area contributed by atoms with Gasteiger partial charge in [0.05, 0.1) is 84.6 Å². The van der Waals surface area contributed by atoms with Gasteiger partial charge in [-0.2, -0.15) is 0 Å². The molecule has 10 bridgehead atoms. The van der Waals surface area contributed by atoms with Crippen LogP contribution in [-0.4, -0.2) is 181 Å². The summed E-state index contributed by atoms with van der Waals surface area (Å²) < 4.78 is 57.2. The molecule has 2 spiro atoms. The minimum absolute atomic E-state index is 0.00371. The molecule has 1 saturated carbocycles. The molecule has 7 N–H and O–H groups in total. The van der Waals surface area contributed by atoms with Crippen molar-refractivity contribution in [2.24, 2.45) is 29.6 Å². The number of hydrogen-bond donors (Lipinski definition) is 7. The van der Waals surface area contributed by atoms with E-state index in [0.29, 0.717) is 62.5 Å². The minimum Gasteiger partial charge on any atom is -0.462 e. The molecule has 85 heavy (non-hydrogen) atoms. The third-order valence-electron chi connectivity index (χ3n) is 18.9. The predicted octanol–water partition coefficient (Wildman–Crippen LogP) is 6.57. The Labute approximate surface area is 506 Å². The van der Waals surface area contributed by atoms with E-state index in [0.717, 1.165) is 0 Å². The summed E-state index contributed by atoms with van der Waals surface area (Å²) in [5.74, 6) is -9.27. The molecule has 1 aliphatic carbocycles. The van der Waals surface area contributed by atoms with E-state index in [4.69, 9.17) is 54.2 Å². The van der Waals surface area contributed by atoms with Crippen LogP contribution >= 0.6 is 11.6 Å². The highest BCUT2D eigenvalue weighted by Gasteiger charge is 2.58. The second-order valence-electron chi connectivity index (χ2n) is 26.5. The molecule has 24 atom stereocenters. The van der Waals surface area contributed by atoms with Gasteiger partial charge in [0.2, 0.25) is 0 Å². The van der Waals surface area contributed by atoms with Gasteiger partial charge in [0.25, 0.3) is 0 Å². The molecule has 1 unspecified atom stereocenters. The molecule has 0 aromatic heterocycles. The van der Waals surface area contributed by atoms with Gasteiger partial charge in [0.1, 0.15) is 36.3 Å². The van der Waals surface area contributed by atoms with Crippen molar-refractivity contribution in [2.45, 2.75) is 278 Å². The molecule has 0 aromatic carbocycles. The van der Waals surface area contributed by atoms with Gasteiger partial charge in [-0.05, 0) is 70.3 Å². The number of carbonyl (C=O) groups is 4. The molecule has 7 aliphatic rings. The minimum atomic E-state index is -2.38. The quantitative estimate of drug-likeness (QED) is 0.0555. The lowest BCUT2D eigenvalue weighted by molar-refractivity contribution is -0.351. The number of carbonyl (C=O) groups excluding carboxylic acids is 4. The van der Waals surface area contributed by atoms with E-state index in [-0.39, 0.29) is 74.2 Å². The lowest BCUT2D eigenvalue weighted by Gasteiger charge is -2.52. The van der Waals surface area contributed by atoms with E-state index in [9.17, 15) is 54.9 Å². The molecular formula is C64H97ClO20. The van der Waals surface area contributed by atoms with E-state index < -0.39 is 163 Å². The summed E-state index contributed by atoms with van der Waals surface area (Å²) in [6.45, 7) is 23.2. The lowest BCUT2D eigenvalue weighted by atomic mass is 9.71. The van der Waals surface area contributed by atoms with Crippen LogP contribution < -0.4 is 0 Å². The maximum absolute atomic E-state index is 14.5. The average molecular weight is 1220 g/mol. The second kappa shape index (κ2) is 29.0. The Morgan fingerprint density at radius 2 is 1.51 bits per heavy atom. The van der Waals surface area contributed by atoms with E-state index >= 15 is 0 Å². The molecule has 0 aromatic rings. The number of methoxy groups -OCH3 is 1. The number of ketones is 1. The van der Waals surface area contributed by atoms with Crippen LogP contribution in [0.4, 0.5) is 0 Å². The van der Waals surface area contributed by atoms with Gasteiger partial charge in [-0.15, -0.1) is 0 Å². The zero-order valence-electron chi connectivity index (χ0n) is 51.0. The summed E-state index contributed by atoms with van der Waals surface area (Å²) in [5.41, 5.74) is -1.27. The Morgan fingerprint density at radius 3 is 2.19 bits per heavy atom. The fourth-order valence-electron chi connectivity index (χ4n) is 14.8. The molecule has 6 aliphatic heterocycles. The molecule has 6 fully saturated rings. The number of hydrogen-bond acceptors (Lipinski definition) is 20. The number of ether oxygens (including phenoxy) is 9. The van der Waals surface area contributed by atoms with E-state index in [2.05, 4.69) is 25.8 Å². The smallest absolute Gasteiger partial charge is 0.308 e. The largest absolute Gasteiger partial charge is 0.462 e. The van der Waals surface area contributed by atoms with Crippen LogP contribution in [0.1, 0.15) is 164 Å². The predicted molar refractivity (Wildman–Crippen MR) is 311 cm³/mol. The van der Waals surface area contributed by atoms with Crippen molar-refractivity contribution in [3.8, 4) is 0 Å². The van der Waals surface area contributed by atoms with Crippen LogP contribution in [0.25, 0.3) is 0 Å². The van der Waals surface area contributed by atoms with Gasteiger partial charge < -0.3 is 78.4 Å². The highest BCUT2D eigenvalue weighted by Crippen LogP contribution is 2.49. The number of aliphatic hydroxyl groups excluding tert-OH is 5. The third-order valence-corrected chi connectivity index (χ3v) is 19.0. The molecule has 480 valence electrons. The molecule has 0 amide bonds. The van der Waals surface area contributed by atoms with Gasteiger partial charge >= 0.3 is 17.9 Å². The maximum atomic E-state index is 14.5. The van der Waals surface area contributed by atoms with Crippen molar-refractivity contribution in [1.82, 2.24) is 0 Å². The highest BCUT2D eigenvalue weighted by molar-refractivity contribution is 6.30. The van der Waals surface area contributed by atoms with Crippen molar-refractivity contribution >= 4 is 35.3 Å². The van der Waals surface area contributed by atoms with Gasteiger partial charge in [-0.1, -0.05) is 88.4 Å². The fraction of sp³-hybridized carbons (Fsp3) is 0.781. The van der Waals surface area contributed by atoms with Crippen LogP contribution in [0.5, 0.6) is 0 Å². The summed E-state index contributed by atoms with van der Waals surface area (Å²) in [7, 11) is 1.63. The van der Waals surface area contributed by atoms with Crippen molar-refractivity contribution in [3.05, 3.63) is 60.2 Å². The third kappa shape index (κ3) is 18.1. The average Bonchev–Trinajstić information content (AvgIpc) is 1.35. The van der Waals surface area contributed by atoms with Crippen LogP contribution in [-0.2, 0) is 61.8 Å². The summed E-state index contributed by atoms with van der Waals surface area (Å²) in [6.07, 6.45) is -5.53. The van der Waals surface area contributed by atoms with Crippen molar-refractivity contribution in [1.29, 1.82) is 0 Å². The molecule has 0 radical (unpaired) electrons. The zero-order chi connectivity index (χ0) is 62.5. The van der Waals surface area contributed by atoms with Crippen molar-refractivity contribution in [3.63, 3.8) is 0 Å². The number of esters is 3. The topological polar surface area (TPSA) is 293 Å². The lowest BCUT2D eigenvalue weighted by Crippen LogP contribution is -2.65. The van der Waals surface area contributed by atoms with Crippen LogP contribution in [0.3, 0.4) is 0 Å². The van der Waals surface area contributed by atoms with Crippen LogP contribution in [0, 0.1) is 29.6 Å². The number of fused-ring (bicyclic) bond motifs is 8. The number of allylic oxidation sites excluding steroid dienone is 4. The van der Waals surface area contributed by atoms with Crippen molar-refractivity contribution in [2.75, 3.05) is 7.11 Å². The Hall–Kier alpha value is -3.45. The molecular weight excluding hydrogens is 1120 g/mol. The monoisotopic (exact) mass is 1220 g/mol. The first-order chi connectivity index (χ1) is 39.8. The summed E-state index contributed by atoms with van der Waals surface area (Å²) in [5, 5.41) is 82.8. The van der Waals surface area contributed by atoms with E-state index in [1.54, 1.807) is 34.8 Å². The SMILES string of the molecule is C=C(Cl)/C=C/[C@@H](O)CC(=C)C[C@H]1O[C@@H]2[C@H](C)[C@@H](OC(=O)C[C@H]3C[C@H](OC(C)=O)C[C@@]4(CC(C)(O)C[C@H](CC(=C)[C@@H](C)[C@H](OC(C)=O)[C@H](C)C(=O)C[C@@H]5C[C@H](OC)C[C@@]6(C[C@@H](O)C[C@H](/C=C\CCC[C@H]7O[C@](O)(C[C@H](O)[C@H]7C)[C@H]2O)C6)O5)O4)O3)[C@@H]1O. The first kappa shape index (κ1) is 69.0. The van der Waals surface area contributed by atoms with E-state index in [1.165, 1.54) is 26.0 Å². The van der Waals surface area contributed by atoms with Gasteiger partial charge in [0.15, 0.2) is 11.6 Å². The molecule has 21 heteroatoms. The zero-order valence-corrected chi connectivity index (χ0v) is 51.8. The summed E-state index contributed by atoms with van der Waals surface area (Å²) in [6, 6.07) is 0. The van der Waals surface area contributed by atoms with Gasteiger partial charge in [0, 0.05) is 102 Å². The first-order valence-corrected chi connectivity index (χ1v) is 31.0. The van der Waals surface area contributed by atoms with Gasteiger partial charge in [-0.25, -0.2) is 0 Å². The Kier molecular flexibility index (Phi) is 23.6. The Morgan fingerprint density at radius 1 is 0.824 bits per heavy atom. The molecule has 20 nitrogen and oxygen atoms in total. The number of halogens is 1. The van der Waals surface area contributed by atoms with Crippen molar-refractivity contribution < 1.29 is 97.6 Å². The fourth-order valence-corrected chi connectivity index (χ4v) is 14.9. The first-order valence-electron chi connectivity index (χ1n) is 30.6. The Balaban J connectivity index is 1.22. The summed E-state index contributed by atoms with van der Waals surface area (Å²) in [4.78, 5) is 54.4. The van der Waals surface area contributed by atoms with E-state index in [1.807, 2.05) is 13.0 Å². The summed E-state index contributed by atoms with van der Waals surface area (Å²) >= 11 is 5.89. The number of rotatable bonds is 9. The molecule has 7 rings (SSSR count). The highest BCUT2D eigenvalue weighted by atomic mass is 35.5. The normalized spacial score (nSPS) is 44.5. The van der Waals surface area contributed by atoms with Crippen LogP contribution in [0.2, 0.25) is 0 Å². The van der Waals surface area contributed by atoms with Gasteiger partial charge in [-0.3, -0.25) is 19.2 Å².